The number of rotatable bonds is 6. The van der Waals surface area contributed by atoms with Gasteiger partial charge in [0.15, 0.2) is 0 Å². The monoisotopic (exact) mass is 296 g/mol. The van der Waals surface area contributed by atoms with E-state index >= 15 is 0 Å². The van der Waals surface area contributed by atoms with Gasteiger partial charge >= 0.3 is 12.1 Å². The minimum absolute atomic E-state index is 0.0305. The average Bonchev–Trinajstić information content (AvgIpc) is 2.25. The van der Waals surface area contributed by atoms with Crippen molar-refractivity contribution in [2.75, 3.05) is 13.2 Å². The fourth-order valence-electron chi connectivity index (χ4n) is 3.00. The van der Waals surface area contributed by atoms with E-state index in [-0.39, 0.29) is 23.9 Å². The number of halogens is 3. The smallest absolute Gasteiger partial charge is 0.411 e. The SMILES string of the molecule is CC1(C)CCC(C(=O)O)C(CCCOCC(F)(F)F)C1. The van der Waals surface area contributed by atoms with Crippen molar-refractivity contribution in [3.63, 3.8) is 0 Å². The molecule has 0 aromatic carbocycles. The third-order valence-electron chi connectivity index (χ3n) is 3.96. The summed E-state index contributed by atoms with van der Waals surface area (Å²) in [6.07, 6.45) is -0.875. The second kappa shape index (κ2) is 6.78. The predicted octanol–water partition coefficient (Wildman–Crippen LogP) is 3.87. The molecular formula is C14H23F3O3. The Bertz CT molecular complexity index is 326. The lowest BCUT2D eigenvalue weighted by atomic mass is 9.66. The molecule has 0 bridgehead atoms. The van der Waals surface area contributed by atoms with Gasteiger partial charge in [-0.1, -0.05) is 13.8 Å². The third kappa shape index (κ3) is 6.11. The molecule has 0 saturated heterocycles. The number of hydrogen-bond donors (Lipinski definition) is 1. The second-order valence-electron chi connectivity index (χ2n) is 6.42. The van der Waals surface area contributed by atoms with Gasteiger partial charge in [0, 0.05) is 6.61 Å². The number of carboxylic acid groups (broad SMARTS) is 1. The molecule has 2 atom stereocenters. The van der Waals surface area contributed by atoms with Crippen LogP contribution in [0.25, 0.3) is 0 Å². The molecule has 0 heterocycles. The van der Waals surface area contributed by atoms with Crippen LogP contribution in [0.1, 0.15) is 46.0 Å². The summed E-state index contributed by atoms with van der Waals surface area (Å²) in [6.45, 7) is 3.02. The van der Waals surface area contributed by atoms with Gasteiger partial charge in [-0.05, 0) is 43.4 Å². The molecule has 0 aromatic heterocycles. The average molecular weight is 296 g/mol. The van der Waals surface area contributed by atoms with Gasteiger partial charge in [-0.2, -0.15) is 13.2 Å². The fraction of sp³-hybridized carbons (Fsp3) is 0.929. The van der Waals surface area contributed by atoms with Crippen molar-refractivity contribution in [3.8, 4) is 0 Å². The molecule has 3 nitrogen and oxygen atoms in total. The summed E-state index contributed by atoms with van der Waals surface area (Å²) >= 11 is 0. The number of ether oxygens (including phenoxy) is 1. The largest absolute Gasteiger partial charge is 0.481 e. The number of hydrogen-bond acceptors (Lipinski definition) is 2. The summed E-state index contributed by atoms with van der Waals surface area (Å²) in [6, 6.07) is 0. The van der Waals surface area contributed by atoms with Gasteiger partial charge in [-0.15, -0.1) is 0 Å². The van der Waals surface area contributed by atoms with Crippen LogP contribution < -0.4 is 0 Å². The van der Waals surface area contributed by atoms with Crippen molar-refractivity contribution in [2.45, 2.75) is 52.1 Å². The van der Waals surface area contributed by atoms with Crippen molar-refractivity contribution >= 4 is 5.97 Å². The van der Waals surface area contributed by atoms with Crippen LogP contribution in [0.4, 0.5) is 13.2 Å². The zero-order valence-corrected chi connectivity index (χ0v) is 12.0. The van der Waals surface area contributed by atoms with Gasteiger partial charge in [-0.25, -0.2) is 0 Å². The highest BCUT2D eigenvalue weighted by molar-refractivity contribution is 5.70. The molecule has 1 fully saturated rings. The summed E-state index contributed by atoms with van der Waals surface area (Å²) in [5.74, 6) is -1.13. The number of carbonyl (C=O) groups is 1. The lowest BCUT2D eigenvalue weighted by Gasteiger charge is -2.39. The Kier molecular flexibility index (Phi) is 5.86. The summed E-state index contributed by atoms with van der Waals surface area (Å²) < 4.78 is 40.3. The predicted molar refractivity (Wildman–Crippen MR) is 68.4 cm³/mol. The highest BCUT2D eigenvalue weighted by Crippen LogP contribution is 2.43. The van der Waals surface area contributed by atoms with Gasteiger partial charge in [0.1, 0.15) is 6.61 Å². The fourth-order valence-corrected chi connectivity index (χ4v) is 3.00. The Labute approximate surface area is 117 Å². The van der Waals surface area contributed by atoms with Crippen LogP contribution in [0.5, 0.6) is 0 Å². The minimum Gasteiger partial charge on any atom is -0.481 e. The normalized spacial score (nSPS) is 26.4. The molecule has 1 N–H and O–H groups in total. The molecule has 6 heteroatoms. The summed E-state index contributed by atoms with van der Waals surface area (Å²) in [4.78, 5) is 11.2. The van der Waals surface area contributed by atoms with Crippen LogP contribution in [0.15, 0.2) is 0 Å². The molecule has 2 unspecified atom stereocenters. The molecule has 0 radical (unpaired) electrons. The standard InChI is InChI=1S/C14H23F3O3/c1-13(2)6-5-11(12(18)19)10(8-13)4-3-7-20-9-14(15,16)17/h10-11H,3-9H2,1-2H3,(H,18,19). The van der Waals surface area contributed by atoms with E-state index in [1.807, 2.05) is 0 Å². The van der Waals surface area contributed by atoms with Crippen molar-refractivity contribution in [3.05, 3.63) is 0 Å². The Balaban J connectivity index is 2.36. The first-order chi connectivity index (χ1) is 9.11. The lowest BCUT2D eigenvalue weighted by Crippen LogP contribution is -2.34. The summed E-state index contributed by atoms with van der Waals surface area (Å²) in [7, 11) is 0. The molecule has 1 rings (SSSR count). The van der Waals surface area contributed by atoms with Gasteiger partial charge in [0.25, 0.3) is 0 Å². The second-order valence-corrected chi connectivity index (χ2v) is 6.42. The van der Waals surface area contributed by atoms with E-state index in [0.717, 1.165) is 12.8 Å². The zero-order chi connectivity index (χ0) is 15.4. The lowest BCUT2D eigenvalue weighted by molar-refractivity contribution is -0.174. The van der Waals surface area contributed by atoms with Crippen LogP contribution in [-0.4, -0.2) is 30.5 Å². The van der Waals surface area contributed by atoms with Crippen molar-refractivity contribution in [1.29, 1.82) is 0 Å². The van der Waals surface area contributed by atoms with E-state index < -0.39 is 18.8 Å². The molecule has 20 heavy (non-hydrogen) atoms. The van der Waals surface area contributed by atoms with E-state index in [4.69, 9.17) is 0 Å². The molecule has 118 valence electrons. The van der Waals surface area contributed by atoms with Gasteiger partial charge in [-0.3, -0.25) is 4.79 Å². The quantitative estimate of drug-likeness (QED) is 0.757. The van der Waals surface area contributed by atoms with Crippen molar-refractivity contribution < 1.29 is 27.8 Å². The Morgan fingerprint density at radius 2 is 2.05 bits per heavy atom. The molecule has 1 aliphatic carbocycles. The van der Waals surface area contributed by atoms with Crippen LogP contribution in [0.3, 0.4) is 0 Å². The number of carboxylic acids is 1. The molecular weight excluding hydrogens is 273 g/mol. The summed E-state index contributed by atoms with van der Waals surface area (Å²) in [5, 5.41) is 9.21. The maximum atomic E-state index is 11.9. The zero-order valence-electron chi connectivity index (χ0n) is 12.0. The van der Waals surface area contributed by atoms with Gasteiger partial charge in [0.2, 0.25) is 0 Å². The first-order valence-corrected chi connectivity index (χ1v) is 6.98. The van der Waals surface area contributed by atoms with E-state index in [1.165, 1.54) is 0 Å². The van der Waals surface area contributed by atoms with Crippen LogP contribution in [-0.2, 0) is 9.53 Å². The highest BCUT2D eigenvalue weighted by atomic mass is 19.4. The first-order valence-electron chi connectivity index (χ1n) is 6.98. The van der Waals surface area contributed by atoms with E-state index in [9.17, 15) is 23.1 Å². The summed E-state index contributed by atoms with van der Waals surface area (Å²) in [5.41, 5.74) is 0.115. The molecule has 1 aliphatic rings. The Morgan fingerprint density at radius 3 is 2.60 bits per heavy atom. The highest BCUT2D eigenvalue weighted by Gasteiger charge is 2.38. The van der Waals surface area contributed by atoms with Crippen molar-refractivity contribution in [1.82, 2.24) is 0 Å². The van der Waals surface area contributed by atoms with Crippen molar-refractivity contribution in [2.24, 2.45) is 17.3 Å². The van der Waals surface area contributed by atoms with Crippen LogP contribution in [0.2, 0.25) is 0 Å². The first kappa shape index (κ1) is 17.3. The molecule has 0 aliphatic heterocycles. The molecule has 0 aromatic rings. The molecule has 0 amide bonds. The molecule has 0 spiro atoms. The Hall–Kier alpha value is -0.780. The van der Waals surface area contributed by atoms with Gasteiger partial charge in [0.05, 0.1) is 5.92 Å². The minimum atomic E-state index is -4.30. The van der Waals surface area contributed by atoms with E-state index in [0.29, 0.717) is 19.3 Å². The maximum Gasteiger partial charge on any atom is 0.411 e. The molecule has 1 saturated carbocycles. The number of aliphatic carboxylic acids is 1. The van der Waals surface area contributed by atoms with Crippen LogP contribution >= 0.6 is 0 Å². The number of alkyl halides is 3. The van der Waals surface area contributed by atoms with E-state index in [2.05, 4.69) is 18.6 Å². The van der Waals surface area contributed by atoms with Gasteiger partial charge < -0.3 is 9.84 Å². The van der Waals surface area contributed by atoms with Crippen LogP contribution in [0, 0.1) is 17.3 Å². The van der Waals surface area contributed by atoms with E-state index in [1.54, 1.807) is 0 Å². The Morgan fingerprint density at radius 1 is 1.40 bits per heavy atom. The third-order valence-corrected chi connectivity index (χ3v) is 3.96. The maximum absolute atomic E-state index is 11.9. The topological polar surface area (TPSA) is 46.5 Å².